The van der Waals surface area contributed by atoms with Gasteiger partial charge in [0.2, 0.25) is 0 Å². The topological polar surface area (TPSA) is 38.5 Å². The van der Waals surface area contributed by atoms with E-state index in [0.29, 0.717) is 11.5 Å². The molecule has 6 nitrogen and oxygen atoms in total. The molecule has 1 aliphatic heterocycles. The molecule has 374 valence electrons. The normalized spacial score (nSPS) is 12.1. The fourth-order valence-electron chi connectivity index (χ4n) is 10.9. The number of fused-ring (bicyclic) bond motifs is 7. The summed E-state index contributed by atoms with van der Waals surface area (Å²) in [6.07, 6.45) is 1.95. The molecule has 0 fully saturated rings. The minimum absolute atomic E-state index is 0.125. The van der Waals surface area contributed by atoms with E-state index < -0.39 is 0 Å². The van der Waals surface area contributed by atoms with Gasteiger partial charge < -0.3 is 4.90 Å². The zero-order valence-electron chi connectivity index (χ0n) is 42.9. The van der Waals surface area contributed by atoms with Crippen LogP contribution < -0.4 is 14.5 Å². The molecule has 0 bridgehead atoms. The number of pyridine rings is 1. The number of ether oxygens (including phenoxy) is 1. The van der Waals surface area contributed by atoms with Crippen LogP contribution in [0.3, 0.4) is 0 Å². The summed E-state index contributed by atoms with van der Waals surface area (Å²) >= 11 is 2.51. The summed E-state index contributed by atoms with van der Waals surface area (Å²) < 4.78 is 12.9. The summed E-state index contributed by atoms with van der Waals surface area (Å²) in [6, 6.07) is 92.9. The quantitative estimate of drug-likeness (QED) is 0.152. The van der Waals surface area contributed by atoms with Crippen LogP contribution in [0.15, 0.2) is 267 Å². The van der Waals surface area contributed by atoms with Gasteiger partial charge in [0.15, 0.2) is 0 Å². The van der Waals surface area contributed by atoms with Crippen LogP contribution in [0, 0.1) is 3.80 Å². The molecule has 0 saturated carbocycles. The number of imidazole rings is 1. The molecule has 0 radical (unpaired) electrons. The number of hydrogen-bond acceptors (Lipinski definition) is 4. The van der Waals surface area contributed by atoms with Gasteiger partial charge in [0.05, 0.1) is 5.69 Å². The Hall–Kier alpha value is -9.09. The van der Waals surface area contributed by atoms with Crippen LogP contribution in [0.1, 0.15) is 26.3 Å². The first-order chi connectivity index (χ1) is 37.8. The molecule has 12 aromatic rings. The Bertz CT molecular complexity index is 4160. The van der Waals surface area contributed by atoms with Gasteiger partial charge >= 0.3 is 306 Å². The van der Waals surface area contributed by atoms with Crippen molar-refractivity contribution in [3.05, 3.63) is 276 Å². The Balaban J connectivity index is 0.998. The first-order valence-corrected chi connectivity index (χ1v) is 27.2. The maximum absolute atomic E-state index is 7.14. The van der Waals surface area contributed by atoms with E-state index in [0.717, 1.165) is 105 Å². The van der Waals surface area contributed by atoms with Gasteiger partial charge in [0, 0.05) is 17.4 Å². The molecule has 0 unspecified atom stereocenters. The van der Waals surface area contributed by atoms with E-state index in [-0.39, 0.29) is 5.41 Å². The summed E-state index contributed by atoms with van der Waals surface area (Å²) in [5.41, 5.74) is 19.3. The van der Waals surface area contributed by atoms with E-state index in [9.17, 15) is 0 Å². The Kier molecular flexibility index (Phi) is 12.3. The molecule has 13 rings (SSSR count). The van der Waals surface area contributed by atoms with Gasteiger partial charge in [-0.05, 0) is 41.3 Å². The first kappa shape index (κ1) is 47.6. The Labute approximate surface area is 460 Å². The van der Waals surface area contributed by atoms with Crippen molar-refractivity contribution in [3.63, 3.8) is 0 Å². The standard InChI is InChI=1S/C70H53N5O.Pt/c1-70(2,3)51-43-44-71-68(45-51)75-64-38-18-15-32-59(64)58-31-13-16-36-62(58)74(52-27-11-6-12-28-52)63-37-17-14-33-60(63)61-42-41-55(47-67(61)75)76-54-30-21-29-53(46-54)72-48-73(66-40-20-19-39-65(66)72)69-56(49-23-7-4-8-24-49)34-22-35-57(69)50-25-9-5-10-26-50;/h4-47H,1-3H3;. The van der Waals surface area contributed by atoms with Crippen molar-refractivity contribution in [1.82, 2.24) is 14.1 Å². The Morgan fingerprint density at radius 2 is 0.844 bits per heavy atom. The molecular formula is C70H53N5OPt. The second kappa shape index (κ2) is 19.9. The van der Waals surface area contributed by atoms with Gasteiger partial charge in [-0.3, -0.25) is 0 Å². The predicted molar refractivity (Wildman–Crippen MR) is 314 cm³/mol. The van der Waals surface area contributed by atoms with Crippen molar-refractivity contribution in [3.8, 4) is 67.4 Å². The zero-order valence-corrected chi connectivity index (χ0v) is 45.1. The monoisotopic (exact) mass is 1170 g/mol. The molecule has 2 aromatic heterocycles. The molecule has 1 aliphatic rings. The number of aromatic nitrogens is 3. The second-order valence-electron chi connectivity index (χ2n) is 20.3. The summed E-state index contributed by atoms with van der Waals surface area (Å²) in [5.74, 6) is 2.21. The molecule has 77 heavy (non-hydrogen) atoms. The van der Waals surface area contributed by atoms with Crippen molar-refractivity contribution in [2.24, 2.45) is 0 Å². The van der Waals surface area contributed by atoms with Crippen LogP contribution in [0.25, 0.3) is 66.9 Å². The van der Waals surface area contributed by atoms with Crippen molar-refractivity contribution in [2.75, 3.05) is 9.80 Å². The second-order valence-corrected chi connectivity index (χ2v) is 21.3. The van der Waals surface area contributed by atoms with Crippen molar-refractivity contribution < 1.29 is 24.1 Å². The SMILES string of the molecule is CC(C)(C)c1ccnc(N2c3ccccc3-c3ccccc3N(c3ccccc3)c3ccccc3-c3ccc(Oc4cccc(-n5[c](=[Pt])n(-c6c(-c7ccccc7)cccc6-c6ccccc6)c6ccccc65)c4)cc32)c1. The fraction of sp³-hybridized carbons (Fsp3) is 0.0571. The molecule has 0 N–H and O–H groups in total. The number of nitrogens with zero attached hydrogens (tertiary/aromatic N) is 5. The Morgan fingerprint density at radius 3 is 1.44 bits per heavy atom. The van der Waals surface area contributed by atoms with E-state index in [4.69, 9.17) is 9.72 Å². The number of hydrogen-bond donors (Lipinski definition) is 0. The number of anilines is 6. The third-order valence-electron chi connectivity index (χ3n) is 14.5. The summed E-state index contributed by atoms with van der Waals surface area (Å²) in [6.45, 7) is 6.76. The van der Waals surface area contributed by atoms with Crippen molar-refractivity contribution in [1.29, 1.82) is 0 Å². The van der Waals surface area contributed by atoms with Crippen molar-refractivity contribution in [2.45, 2.75) is 26.2 Å². The molecule has 10 aromatic carbocycles. The van der Waals surface area contributed by atoms with E-state index >= 15 is 0 Å². The summed E-state index contributed by atoms with van der Waals surface area (Å²) in [5, 5.41) is 0. The van der Waals surface area contributed by atoms with Gasteiger partial charge in [-0.2, -0.15) is 0 Å². The molecule has 7 heteroatoms. The summed E-state index contributed by atoms with van der Waals surface area (Å²) in [4.78, 5) is 9.93. The summed E-state index contributed by atoms with van der Waals surface area (Å²) in [7, 11) is 0. The Morgan fingerprint density at radius 1 is 0.377 bits per heavy atom. The van der Waals surface area contributed by atoms with Crippen LogP contribution in [-0.2, 0) is 24.8 Å². The molecule has 0 saturated heterocycles. The van der Waals surface area contributed by atoms with Gasteiger partial charge in [-0.1, -0.05) is 87.5 Å². The van der Waals surface area contributed by atoms with Crippen LogP contribution in [-0.4, -0.2) is 14.1 Å². The number of rotatable bonds is 8. The van der Waals surface area contributed by atoms with Gasteiger partial charge in [0.25, 0.3) is 0 Å². The molecule has 0 spiro atoms. The van der Waals surface area contributed by atoms with Crippen LogP contribution in [0.4, 0.5) is 34.3 Å². The fourth-order valence-corrected chi connectivity index (χ4v) is 12.0. The maximum atomic E-state index is 7.14. The average molecular weight is 1180 g/mol. The molecular weight excluding hydrogens is 1120 g/mol. The van der Waals surface area contributed by atoms with E-state index in [1.165, 1.54) is 5.56 Å². The van der Waals surface area contributed by atoms with Gasteiger partial charge in [-0.15, -0.1) is 0 Å². The number of benzene rings is 10. The third kappa shape index (κ3) is 8.71. The zero-order chi connectivity index (χ0) is 52.0. The first-order valence-electron chi connectivity index (χ1n) is 26.0. The van der Waals surface area contributed by atoms with Crippen LogP contribution in [0.2, 0.25) is 0 Å². The average Bonchev–Trinajstić information content (AvgIpc) is 3.78. The molecule has 0 aliphatic carbocycles. The van der Waals surface area contributed by atoms with Crippen LogP contribution in [0.5, 0.6) is 11.5 Å². The third-order valence-corrected chi connectivity index (χ3v) is 15.5. The number of para-hydroxylation sites is 7. The van der Waals surface area contributed by atoms with Gasteiger partial charge in [0.1, 0.15) is 0 Å². The predicted octanol–water partition coefficient (Wildman–Crippen LogP) is 18.9. The molecule has 0 atom stereocenters. The van der Waals surface area contributed by atoms with Gasteiger partial charge in [-0.25, -0.2) is 0 Å². The van der Waals surface area contributed by atoms with Crippen molar-refractivity contribution >= 4 is 45.3 Å². The molecule has 3 heterocycles. The van der Waals surface area contributed by atoms with E-state index in [1.54, 1.807) is 0 Å². The van der Waals surface area contributed by atoms with E-state index in [2.05, 4.69) is 314 Å². The minimum atomic E-state index is -0.125. The van der Waals surface area contributed by atoms with Crippen LogP contribution >= 0.6 is 0 Å². The molecule has 0 amide bonds. The van der Waals surface area contributed by atoms with E-state index in [1.807, 2.05) is 12.3 Å².